The Hall–Kier alpha value is -2.32. The van der Waals surface area contributed by atoms with Crippen LogP contribution < -0.4 is 4.46 Å². The van der Waals surface area contributed by atoms with Crippen molar-refractivity contribution in [3.63, 3.8) is 0 Å². The number of carbonyl (C=O) groups is 1. The third-order valence-corrected chi connectivity index (χ3v) is 7.11. The predicted octanol–water partition coefficient (Wildman–Crippen LogP) is 4.93. The summed E-state index contributed by atoms with van der Waals surface area (Å²) in [5, 5.41) is 0. The molecule has 3 heteroatoms. The molecule has 0 amide bonds. The number of hydrogen-bond acceptors (Lipinski definition) is 2. The molecule has 0 aliphatic carbocycles. The van der Waals surface area contributed by atoms with E-state index < -0.39 is 0 Å². The molecule has 0 saturated carbocycles. The molecule has 26 heavy (non-hydrogen) atoms. The molecule has 0 heterocycles. The molecule has 1 nitrogen and oxygen atoms in total. The fraction of sp³-hybridized carbons (Fsp3) is 0. The molecule has 0 aromatic heterocycles. The summed E-state index contributed by atoms with van der Waals surface area (Å²) in [4.78, 5) is 13.4. The van der Waals surface area contributed by atoms with Crippen LogP contribution >= 0.6 is 11.8 Å². The van der Waals surface area contributed by atoms with Crippen molar-refractivity contribution in [2.24, 2.45) is 0 Å². The molecule has 0 fully saturated rings. The van der Waals surface area contributed by atoms with E-state index >= 15 is 0 Å². The van der Waals surface area contributed by atoms with Crippen molar-refractivity contribution in [3.8, 4) is 0 Å². The second-order valence-electron chi connectivity index (χ2n) is 5.42. The minimum atomic E-state index is 0.105. The molecule has 0 aliphatic heterocycles. The van der Waals surface area contributed by atoms with Crippen molar-refractivity contribution >= 4 is 43.5 Å². The summed E-state index contributed by atoms with van der Waals surface area (Å²) in [6.45, 7) is 0. The Labute approximate surface area is 165 Å². The molecular formula is C23H18OSSe. The van der Waals surface area contributed by atoms with E-state index in [2.05, 4.69) is 54.6 Å². The van der Waals surface area contributed by atoms with Crippen LogP contribution in [0.25, 0.3) is 6.08 Å². The number of rotatable bonds is 7. The molecule has 0 unspecified atom stereocenters. The van der Waals surface area contributed by atoms with Gasteiger partial charge in [0.05, 0.1) is 0 Å². The van der Waals surface area contributed by atoms with Gasteiger partial charge in [-0.25, -0.2) is 0 Å². The van der Waals surface area contributed by atoms with Crippen molar-refractivity contribution < 1.29 is 4.79 Å². The fourth-order valence-corrected chi connectivity index (χ4v) is 5.53. The summed E-state index contributed by atoms with van der Waals surface area (Å²) in [5.41, 5.74) is 1.14. The monoisotopic (exact) mass is 422 g/mol. The zero-order valence-corrected chi connectivity index (χ0v) is 16.6. The quantitative estimate of drug-likeness (QED) is 0.177. The van der Waals surface area contributed by atoms with Gasteiger partial charge in [-0.2, -0.15) is 0 Å². The van der Waals surface area contributed by atoms with Gasteiger partial charge >= 0.3 is 165 Å². The summed E-state index contributed by atoms with van der Waals surface area (Å²) in [6.07, 6.45) is 4.75. The van der Waals surface area contributed by atoms with Crippen LogP contribution in [-0.2, 0) is 4.79 Å². The van der Waals surface area contributed by atoms with E-state index in [9.17, 15) is 4.79 Å². The first-order valence-electron chi connectivity index (χ1n) is 8.23. The van der Waals surface area contributed by atoms with Crippen LogP contribution in [0.4, 0.5) is 0 Å². The van der Waals surface area contributed by atoms with E-state index in [-0.39, 0.29) is 15.0 Å². The Morgan fingerprint density at radius 2 is 1.35 bits per heavy atom. The Kier molecular flexibility index (Phi) is 7.09. The van der Waals surface area contributed by atoms with Crippen LogP contribution in [0, 0.1) is 0 Å². The van der Waals surface area contributed by atoms with Crippen molar-refractivity contribution in [1.82, 2.24) is 0 Å². The van der Waals surface area contributed by atoms with Gasteiger partial charge in [0.2, 0.25) is 0 Å². The number of benzene rings is 3. The van der Waals surface area contributed by atoms with E-state index in [0.717, 1.165) is 21.7 Å². The Morgan fingerprint density at radius 1 is 0.769 bits per heavy atom. The summed E-state index contributed by atoms with van der Waals surface area (Å²) < 4.78 is 2.48. The van der Waals surface area contributed by atoms with Gasteiger partial charge in [0.15, 0.2) is 0 Å². The van der Waals surface area contributed by atoms with E-state index in [1.165, 1.54) is 8.93 Å². The topological polar surface area (TPSA) is 17.1 Å². The Morgan fingerprint density at radius 3 is 1.96 bits per heavy atom. The van der Waals surface area contributed by atoms with Crippen LogP contribution in [-0.4, -0.2) is 21.2 Å². The molecule has 0 N–H and O–H groups in total. The molecule has 128 valence electrons. The number of allylic oxidation sites excluding steroid dienone is 2. The molecule has 3 aromatic carbocycles. The molecular weight excluding hydrogens is 403 g/mol. The zero-order valence-electron chi connectivity index (χ0n) is 14.1. The molecule has 0 bridgehead atoms. The SMILES string of the molecule is O=C/C=C(Sc1ccccc1)/C(=C/c1ccccc1)[Se]c1ccccc1. The Bertz CT molecular complexity index is 887. The maximum atomic E-state index is 11.3. The summed E-state index contributed by atoms with van der Waals surface area (Å²) in [5.74, 6) is 0. The van der Waals surface area contributed by atoms with Crippen LogP contribution in [0.2, 0.25) is 0 Å². The first kappa shape index (κ1) is 18.5. The predicted molar refractivity (Wildman–Crippen MR) is 113 cm³/mol. The van der Waals surface area contributed by atoms with E-state index in [4.69, 9.17) is 0 Å². The minimum absolute atomic E-state index is 0.105. The van der Waals surface area contributed by atoms with Crippen molar-refractivity contribution in [1.29, 1.82) is 0 Å². The first-order chi connectivity index (χ1) is 12.8. The molecule has 0 aliphatic rings. The summed E-state index contributed by atoms with van der Waals surface area (Å²) in [7, 11) is 0. The van der Waals surface area contributed by atoms with Gasteiger partial charge in [-0.05, 0) is 0 Å². The molecule has 0 saturated heterocycles. The third-order valence-electron chi connectivity index (χ3n) is 3.50. The Balaban J connectivity index is 1.97. The van der Waals surface area contributed by atoms with Gasteiger partial charge in [-0.1, -0.05) is 0 Å². The first-order valence-corrected chi connectivity index (χ1v) is 10.8. The van der Waals surface area contributed by atoms with Crippen LogP contribution in [0.15, 0.2) is 111 Å². The standard InChI is InChI=1S/C23H18OSSe/c24-17-16-22(25-20-12-6-2-7-13-20)23(18-19-10-4-1-5-11-19)26-21-14-8-3-9-15-21/h1-18H/b22-16-,23-18-. The fourth-order valence-electron chi connectivity index (χ4n) is 2.31. The van der Waals surface area contributed by atoms with Gasteiger partial charge in [-0.3, -0.25) is 0 Å². The molecule has 0 spiro atoms. The van der Waals surface area contributed by atoms with Gasteiger partial charge in [-0.15, -0.1) is 0 Å². The second-order valence-corrected chi connectivity index (χ2v) is 8.87. The number of hydrogen-bond donors (Lipinski definition) is 0. The van der Waals surface area contributed by atoms with Gasteiger partial charge in [0.1, 0.15) is 0 Å². The normalized spacial score (nSPS) is 12.0. The second kappa shape index (κ2) is 9.98. The van der Waals surface area contributed by atoms with Gasteiger partial charge < -0.3 is 0 Å². The van der Waals surface area contributed by atoms with Gasteiger partial charge in [0, 0.05) is 0 Å². The molecule has 3 aromatic rings. The molecule has 3 rings (SSSR count). The van der Waals surface area contributed by atoms with E-state index in [0.29, 0.717) is 0 Å². The number of carbonyl (C=O) groups excluding carboxylic acids is 1. The van der Waals surface area contributed by atoms with Gasteiger partial charge in [0.25, 0.3) is 0 Å². The van der Waals surface area contributed by atoms with Crippen molar-refractivity contribution in [2.75, 3.05) is 0 Å². The summed E-state index contributed by atoms with van der Waals surface area (Å²) >= 11 is 1.74. The number of thioether (sulfide) groups is 1. The number of aldehydes is 1. The van der Waals surface area contributed by atoms with Crippen molar-refractivity contribution in [2.45, 2.75) is 4.90 Å². The maximum absolute atomic E-state index is 11.3. The zero-order chi connectivity index (χ0) is 18.0. The average molecular weight is 421 g/mol. The third kappa shape index (κ3) is 5.60. The van der Waals surface area contributed by atoms with E-state index in [1.807, 2.05) is 42.5 Å². The van der Waals surface area contributed by atoms with Crippen LogP contribution in [0.3, 0.4) is 0 Å². The molecule has 0 atom stereocenters. The average Bonchev–Trinajstić information content (AvgIpc) is 2.70. The van der Waals surface area contributed by atoms with Crippen molar-refractivity contribution in [3.05, 3.63) is 112 Å². The van der Waals surface area contributed by atoms with Crippen LogP contribution in [0.5, 0.6) is 0 Å². The summed E-state index contributed by atoms with van der Waals surface area (Å²) in [6, 6.07) is 30.9. The van der Waals surface area contributed by atoms with E-state index in [1.54, 1.807) is 17.8 Å². The molecule has 0 radical (unpaired) electrons. The van der Waals surface area contributed by atoms with Crippen LogP contribution in [0.1, 0.15) is 5.56 Å².